The van der Waals surface area contributed by atoms with Gasteiger partial charge in [-0.2, -0.15) is 0 Å². The van der Waals surface area contributed by atoms with E-state index in [1.54, 1.807) is 19.1 Å². The van der Waals surface area contributed by atoms with Crippen LogP contribution >= 0.6 is 0 Å². The van der Waals surface area contributed by atoms with E-state index >= 15 is 0 Å². The number of nitrogens with zero attached hydrogens (tertiary/aromatic N) is 1. The molecule has 0 spiro atoms. The molecule has 5 heteroatoms. The Labute approximate surface area is 91.2 Å². The molecule has 0 bridgehead atoms. The highest BCUT2D eigenvalue weighted by atomic mass is 16.4. The van der Waals surface area contributed by atoms with Gasteiger partial charge in [-0.1, -0.05) is 0 Å². The maximum Gasteiger partial charge on any atom is 0.339 e. The third-order valence-electron chi connectivity index (χ3n) is 2.35. The third kappa shape index (κ3) is 1.42. The Morgan fingerprint density at radius 1 is 1.44 bits per heavy atom. The lowest BCUT2D eigenvalue weighted by molar-refractivity contribution is 0.0694. The van der Waals surface area contributed by atoms with E-state index in [9.17, 15) is 9.90 Å². The fourth-order valence-corrected chi connectivity index (χ4v) is 1.57. The lowest BCUT2D eigenvalue weighted by Gasteiger charge is -2.07. The van der Waals surface area contributed by atoms with E-state index in [2.05, 4.69) is 4.98 Å². The maximum atomic E-state index is 10.8. The van der Waals surface area contributed by atoms with Crippen LogP contribution in [0.4, 0.5) is 5.69 Å². The van der Waals surface area contributed by atoms with E-state index in [1.165, 1.54) is 6.07 Å². The number of aromatic hydroxyl groups is 1. The minimum atomic E-state index is -1.22. The summed E-state index contributed by atoms with van der Waals surface area (Å²) >= 11 is 0. The van der Waals surface area contributed by atoms with Crippen molar-refractivity contribution >= 4 is 22.6 Å². The fourth-order valence-electron chi connectivity index (χ4n) is 1.57. The van der Waals surface area contributed by atoms with Crippen LogP contribution in [0.25, 0.3) is 10.9 Å². The average Bonchev–Trinajstić information content (AvgIpc) is 2.22. The van der Waals surface area contributed by atoms with Crippen LogP contribution < -0.4 is 5.73 Å². The molecule has 0 aliphatic heterocycles. The van der Waals surface area contributed by atoms with E-state index < -0.39 is 5.97 Å². The number of carbonyl (C=O) groups is 1. The predicted molar refractivity (Wildman–Crippen MR) is 59.5 cm³/mol. The number of carboxylic acid groups (broad SMARTS) is 1. The highest BCUT2D eigenvalue weighted by molar-refractivity contribution is 6.03. The Morgan fingerprint density at radius 2 is 2.12 bits per heavy atom. The van der Waals surface area contributed by atoms with Crippen LogP contribution in [0, 0.1) is 6.92 Å². The zero-order valence-corrected chi connectivity index (χ0v) is 8.56. The molecule has 5 nitrogen and oxygen atoms in total. The Hall–Kier alpha value is -2.30. The Kier molecular flexibility index (Phi) is 2.16. The zero-order valence-electron chi connectivity index (χ0n) is 8.56. The first-order valence-electron chi connectivity index (χ1n) is 4.63. The minimum absolute atomic E-state index is 0.212. The molecule has 1 aromatic heterocycles. The standard InChI is InChI=1S/C11H10N2O3/c1-5-2-3-6-9(13-5)8(12)4-7(10(6)14)11(15)16/h2-4,14H,12H2,1H3,(H,15,16). The highest BCUT2D eigenvalue weighted by Crippen LogP contribution is 2.32. The lowest BCUT2D eigenvalue weighted by atomic mass is 10.1. The number of nitrogens with two attached hydrogens (primary N) is 1. The Bertz CT molecular complexity index is 593. The number of nitrogen functional groups attached to an aromatic ring is 1. The van der Waals surface area contributed by atoms with E-state index in [0.29, 0.717) is 10.9 Å². The van der Waals surface area contributed by atoms with Crippen molar-refractivity contribution in [3.63, 3.8) is 0 Å². The van der Waals surface area contributed by atoms with E-state index in [0.717, 1.165) is 5.69 Å². The largest absolute Gasteiger partial charge is 0.506 e. The summed E-state index contributed by atoms with van der Waals surface area (Å²) in [5.41, 5.74) is 6.90. The van der Waals surface area contributed by atoms with Crippen LogP contribution in [0.5, 0.6) is 5.75 Å². The summed E-state index contributed by atoms with van der Waals surface area (Å²) in [6, 6.07) is 4.51. The monoisotopic (exact) mass is 218 g/mol. The van der Waals surface area contributed by atoms with Gasteiger partial charge in [0.2, 0.25) is 0 Å². The summed E-state index contributed by atoms with van der Waals surface area (Å²) in [6.07, 6.45) is 0. The van der Waals surface area contributed by atoms with Crippen LogP contribution in [0.2, 0.25) is 0 Å². The number of phenols is 1. The number of hydrogen-bond acceptors (Lipinski definition) is 4. The van der Waals surface area contributed by atoms with Gasteiger partial charge in [-0.3, -0.25) is 4.98 Å². The van der Waals surface area contributed by atoms with Crippen molar-refractivity contribution in [2.24, 2.45) is 0 Å². The number of pyridine rings is 1. The molecule has 0 atom stereocenters. The molecule has 1 heterocycles. The molecule has 0 fully saturated rings. The molecule has 0 aliphatic rings. The number of aromatic carboxylic acids is 1. The zero-order chi connectivity index (χ0) is 11.9. The van der Waals surface area contributed by atoms with Gasteiger partial charge >= 0.3 is 5.97 Å². The number of carboxylic acids is 1. The van der Waals surface area contributed by atoms with Gasteiger partial charge in [-0.05, 0) is 25.1 Å². The number of benzene rings is 1. The van der Waals surface area contributed by atoms with Crippen LogP contribution in [0.3, 0.4) is 0 Å². The molecule has 2 rings (SSSR count). The Balaban J connectivity index is 2.90. The summed E-state index contributed by atoms with van der Waals surface area (Å²) in [5.74, 6) is -1.52. The van der Waals surface area contributed by atoms with Gasteiger partial charge in [0.25, 0.3) is 0 Å². The van der Waals surface area contributed by atoms with Crippen molar-refractivity contribution in [3.8, 4) is 5.75 Å². The van der Waals surface area contributed by atoms with Crippen LogP contribution in [0.1, 0.15) is 16.1 Å². The summed E-state index contributed by atoms with van der Waals surface area (Å²) < 4.78 is 0. The molecule has 0 saturated heterocycles. The van der Waals surface area contributed by atoms with Crippen molar-refractivity contribution in [3.05, 3.63) is 29.5 Å². The van der Waals surface area contributed by atoms with Crippen molar-refractivity contribution < 1.29 is 15.0 Å². The summed E-state index contributed by atoms with van der Waals surface area (Å²) in [5, 5.41) is 19.0. The Morgan fingerprint density at radius 3 is 2.75 bits per heavy atom. The SMILES string of the molecule is Cc1ccc2c(O)c(C(=O)O)cc(N)c2n1. The second kappa shape index (κ2) is 3.37. The summed E-state index contributed by atoms with van der Waals surface area (Å²) in [6.45, 7) is 1.79. The van der Waals surface area contributed by atoms with Crippen LogP contribution in [0.15, 0.2) is 18.2 Å². The number of anilines is 1. The van der Waals surface area contributed by atoms with E-state index in [4.69, 9.17) is 10.8 Å². The molecule has 0 amide bonds. The molecule has 0 unspecified atom stereocenters. The van der Waals surface area contributed by atoms with Crippen molar-refractivity contribution in [1.29, 1.82) is 0 Å². The molecular weight excluding hydrogens is 208 g/mol. The first-order chi connectivity index (χ1) is 7.50. The first-order valence-corrected chi connectivity index (χ1v) is 4.63. The summed E-state index contributed by atoms with van der Waals surface area (Å²) in [4.78, 5) is 15.0. The summed E-state index contributed by atoms with van der Waals surface area (Å²) in [7, 11) is 0. The van der Waals surface area contributed by atoms with Gasteiger partial charge in [0.1, 0.15) is 11.3 Å². The smallest absolute Gasteiger partial charge is 0.339 e. The van der Waals surface area contributed by atoms with Crippen LogP contribution in [-0.2, 0) is 0 Å². The van der Waals surface area contributed by atoms with Crippen molar-refractivity contribution in [2.45, 2.75) is 6.92 Å². The minimum Gasteiger partial charge on any atom is -0.506 e. The molecule has 0 radical (unpaired) electrons. The second-order valence-corrected chi connectivity index (χ2v) is 3.52. The average molecular weight is 218 g/mol. The first kappa shape index (κ1) is 10.2. The van der Waals surface area contributed by atoms with Gasteiger partial charge in [0.15, 0.2) is 0 Å². The highest BCUT2D eigenvalue weighted by Gasteiger charge is 2.15. The van der Waals surface area contributed by atoms with Gasteiger partial charge in [0.05, 0.1) is 11.2 Å². The molecule has 82 valence electrons. The van der Waals surface area contributed by atoms with Gasteiger partial charge in [-0.15, -0.1) is 0 Å². The lowest BCUT2D eigenvalue weighted by Crippen LogP contribution is -2.01. The second-order valence-electron chi connectivity index (χ2n) is 3.52. The van der Waals surface area contributed by atoms with Gasteiger partial charge < -0.3 is 15.9 Å². The predicted octanol–water partition coefficient (Wildman–Crippen LogP) is 1.53. The number of aromatic nitrogens is 1. The van der Waals surface area contributed by atoms with Gasteiger partial charge in [0, 0.05) is 11.1 Å². The topological polar surface area (TPSA) is 96.4 Å². The van der Waals surface area contributed by atoms with E-state index in [1.807, 2.05) is 0 Å². The number of fused-ring (bicyclic) bond motifs is 1. The number of aryl methyl sites for hydroxylation is 1. The molecule has 16 heavy (non-hydrogen) atoms. The van der Waals surface area contributed by atoms with Crippen LogP contribution in [-0.4, -0.2) is 21.2 Å². The molecule has 1 aromatic carbocycles. The molecular formula is C11H10N2O3. The molecule has 0 aliphatic carbocycles. The van der Waals surface area contributed by atoms with Crippen molar-refractivity contribution in [2.75, 3.05) is 5.73 Å². The van der Waals surface area contributed by atoms with E-state index in [-0.39, 0.29) is 17.0 Å². The van der Waals surface area contributed by atoms with Crippen molar-refractivity contribution in [1.82, 2.24) is 4.98 Å². The molecule has 0 saturated carbocycles. The quantitative estimate of drug-likeness (QED) is 0.498. The van der Waals surface area contributed by atoms with Gasteiger partial charge in [-0.25, -0.2) is 4.79 Å². The third-order valence-corrected chi connectivity index (χ3v) is 2.35. The fraction of sp³-hybridized carbons (Fsp3) is 0.0909. The number of hydrogen-bond donors (Lipinski definition) is 3. The normalized spacial score (nSPS) is 10.6. The molecule has 2 aromatic rings. The number of rotatable bonds is 1. The molecule has 4 N–H and O–H groups in total. The maximum absolute atomic E-state index is 10.8.